The third-order valence-corrected chi connectivity index (χ3v) is 2.90. The number of nitrogens with one attached hydrogen (secondary N) is 2. The maximum absolute atomic E-state index is 6.10. The van der Waals surface area contributed by atoms with Gasteiger partial charge in [-0.3, -0.25) is 0 Å². The lowest BCUT2D eigenvalue weighted by molar-refractivity contribution is 0.379. The minimum atomic E-state index is 0.262. The minimum absolute atomic E-state index is 0.262. The second kappa shape index (κ2) is 6.91. The number of ether oxygens (including phenoxy) is 1. The van der Waals surface area contributed by atoms with Gasteiger partial charge in [-0.05, 0) is 18.6 Å². The molecule has 0 atom stereocenters. The van der Waals surface area contributed by atoms with Gasteiger partial charge in [0, 0.05) is 18.1 Å². The Morgan fingerprint density at radius 2 is 1.80 bits per heavy atom. The fourth-order valence-electron chi connectivity index (χ4n) is 1.58. The van der Waals surface area contributed by atoms with Gasteiger partial charge in [0.05, 0.1) is 7.11 Å². The van der Waals surface area contributed by atoms with E-state index in [4.69, 9.17) is 16.3 Å². The molecular weight excluding hydrogens is 278 g/mol. The molecule has 6 nitrogen and oxygen atoms in total. The number of hydrogen-bond acceptors (Lipinski definition) is 6. The van der Waals surface area contributed by atoms with Crippen molar-refractivity contribution in [2.45, 2.75) is 13.5 Å². The highest BCUT2D eigenvalue weighted by Gasteiger charge is 2.06. The first kappa shape index (κ1) is 14.3. The van der Waals surface area contributed by atoms with Crippen LogP contribution in [0.25, 0.3) is 0 Å². The molecule has 0 aliphatic heterocycles. The molecule has 1 aromatic carbocycles. The van der Waals surface area contributed by atoms with Crippen LogP contribution in [0.5, 0.6) is 6.01 Å². The Labute approximate surface area is 122 Å². The van der Waals surface area contributed by atoms with Crippen LogP contribution in [0.15, 0.2) is 24.3 Å². The van der Waals surface area contributed by atoms with E-state index in [0.29, 0.717) is 23.5 Å². The molecule has 0 saturated heterocycles. The SMILES string of the molecule is CCNc1nc(NCc2ccccc2Cl)nc(OC)n1. The predicted octanol–water partition coefficient (Wildman–Crippen LogP) is 2.58. The van der Waals surface area contributed by atoms with Crippen molar-refractivity contribution in [3.05, 3.63) is 34.9 Å². The van der Waals surface area contributed by atoms with E-state index in [1.165, 1.54) is 7.11 Å². The van der Waals surface area contributed by atoms with Crippen molar-refractivity contribution in [3.63, 3.8) is 0 Å². The summed E-state index contributed by atoms with van der Waals surface area (Å²) in [5, 5.41) is 6.83. The van der Waals surface area contributed by atoms with Crippen LogP contribution >= 0.6 is 11.6 Å². The monoisotopic (exact) mass is 293 g/mol. The zero-order chi connectivity index (χ0) is 14.4. The summed E-state index contributed by atoms with van der Waals surface area (Å²) in [6, 6.07) is 7.87. The Kier molecular flexibility index (Phi) is 4.95. The van der Waals surface area contributed by atoms with E-state index in [-0.39, 0.29) is 6.01 Å². The number of benzene rings is 1. The van der Waals surface area contributed by atoms with Gasteiger partial charge >= 0.3 is 6.01 Å². The maximum atomic E-state index is 6.10. The van der Waals surface area contributed by atoms with E-state index in [9.17, 15) is 0 Å². The molecule has 0 unspecified atom stereocenters. The van der Waals surface area contributed by atoms with Gasteiger partial charge in [0.1, 0.15) is 0 Å². The van der Waals surface area contributed by atoms with Gasteiger partial charge < -0.3 is 15.4 Å². The highest BCUT2D eigenvalue weighted by molar-refractivity contribution is 6.31. The zero-order valence-electron chi connectivity index (χ0n) is 11.4. The normalized spacial score (nSPS) is 10.2. The van der Waals surface area contributed by atoms with Crippen molar-refractivity contribution in [2.24, 2.45) is 0 Å². The van der Waals surface area contributed by atoms with Gasteiger partial charge in [-0.15, -0.1) is 0 Å². The Bertz CT molecular complexity index is 578. The number of halogens is 1. The van der Waals surface area contributed by atoms with Crippen molar-refractivity contribution < 1.29 is 4.74 Å². The van der Waals surface area contributed by atoms with Crippen LogP contribution in [0.4, 0.5) is 11.9 Å². The summed E-state index contributed by atoms with van der Waals surface area (Å²) in [7, 11) is 1.52. The highest BCUT2D eigenvalue weighted by Crippen LogP contribution is 2.17. The molecule has 0 radical (unpaired) electrons. The average molecular weight is 294 g/mol. The van der Waals surface area contributed by atoms with Crippen molar-refractivity contribution in [3.8, 4) is 6.01 Å². The minimum Gasteiger partial charge on any atom is -0.467 e. The predicted molar refractivity (Wildman–Crippen MR) is 79.3 cm³/mol. The molecule has 7 heteroatoms. The average Bonchev–Trinajstić information content (AvgIpc) is 2.46. The number of hydrogen-bond donors (Lipinski definition) is 2. The molecule has 20 heavy (non-hydrogen) atoms. The van der Waals surface area contributed by atoms with Crippen LogP contribution in [0.2, 0.25) is 5.02 Å². The Balaban J connectivity index is 2.12. The molecular formula is C13H16ClN5O. The van der Waals surface area contributed by atoms with E-state index < -0.39 is 0 Å². The highest BCUT2D eigenvalue weighted by atomic mass is 35.5. The molecule has 2 rings (SSSR count). The summed E-state index contributed by atoms with van der Waals surface area (Å²) < 4.78 is 5.05. The van der Waals surface area contributed by atoms with E-state index in [2.05, 4.69) is 25.6 Å². The topological polar surface area (TPSA) is 72.0 Å². The van der Waals surface area contributed by atoms with E-state index in [0.717, 1.165) is 12.1 Å². The standard InChI is InChI=1S/C13H16ClN5O/c1-3-15-11-17-12(19-13(18-11)20-2)16-8-9-6-4-5-7-10(9)14/h4-7H,3,8H2,1-2H3,(H2,15,16,17,18,19). The van der Waals surface area contributed by atoms with Gasteiger partial charge in [-0.25, -0.2) is 0 Å². The summed E-state index contributed by atoms with van der Waals surface area (Å²) >= 11 is 6.10. The van der Waals surface area contributed by atoms with Crippen molar-refractivity contribution in [1.29, 1.82) is 0 Å². The second-order valence-corrected chi connectivity index (χ2v) is 4.35. The smallest absolute Gasteiger partial charge is 0.322 e. The maximum Gasteiger partial charge on any atom is 0.322 e. The fraction of sp³-hybridized carbons (Fsp3) is 0.308. The summed E-state index contributed by atoms with van der Waals surface area (Å²) in [6.45, 7) is 3.21. The van der Waals surface area contributed by atoms with E-state index in [1.807, 2.05) is 31.2 Å². The molecule has 0 aliphatic rings. The lowest BCUT2D eigenvalue weighted by Gasteiger charge is -2.09. The summed E-state index contributed by atoms with van der Waals surface area (Å²) in [4.78, 5) is 12.5. The van der Waals surface area contributed by atoms with Crippen molar-refractivity contribution in [2.75, 3.05) is 24.3 Å². The van der Waals surface area contributed by atoms with Crippen LogP contribution in [-0.4, -0.2) is 28.6 Å². The van der Waals surface area contributed by atoms with Gasteiger partial charge in [-0.2, -0.15) is 15.0 Å². The van der Waals surface area contributed by atoms with Crippen molar-refractivity contribution in [1.82, 2.24) is 15.0 Å². The zero-order valence-corrected chi connectivity index (χ0v) is 12.1. The molecule has 106 valence electrons. The molecule has 2 aromatic rings. The third-order valence-electron chi connectivity index (χ3n) is 2.53. The lowest BCUT2D eigenvalue weighted by Crippen LogP contribution is -2.10. The number of methoxy groups -OCH3 is 1. The molecule has 0 saturated carbocycles. The first-order chi connectivity index (χ1) is 9.72. The summed E-state index contributed by atoms with van der Waals surface area (Å²) in [5.41, 5.74) is 0.971. The molecule has 0 bridgehead atoms. The van der Waals surface area contributed by atoms with Gasteiger partial charge in [0.15, 0.2) is 0 Å². The van der Waals surface area contributed by atoms with Crippen molar-refractivity contribution >= 4 is 23.5 Å². The summed E-state index contributed by atoms with van der Waals surface area (Å²) in [5.74, 6) is 0.911. The van der Waals surface area contributed by atoms with E-state index >= 15 is 0 Å². The lowest BCUT2D eigenvalue weighted by atomic mass is 10.2. The quantitative estimate of drug-likeness (QED) is 0.853. The molecule has 2 N–H and O–H groups in total. The Hall–Kier alpha value is -2.08. The largest absolute Gasteiger partial charge is 0.467 e. The Morgan fingerprint density at radius 3 is 2.45 bits per heavy atom. The van der Waals surface area contributed by atoms with Gasteiger partial charge in [0.2, 0.25) is 11.9 Å². The van der Waals surface area contributed by atoms with Crippen LogP contribution in [0.1, 0.15) is 12.5 Å². The Morgan fingerprint density at radius 1 is 1.10 bits per heavy atom. The number of rotatable bonds is 6. The second-order valence-electron chi connectivity index (χ2n) is 3.94. The molecule has 1 heterocycles. The number of aromatic nitrogens is 3. The number of nitrogens with zero attached hydrogens (tertiary/aromatic N) is 3. The molecule has 0 aliphatic carbocycles. The third kappa shape index (κ3) is 3.71. The molecule has 1 aromatic heterocycles. The van der Waals surface area contributed by atoms with Gasteiger partial charge in [0.25, 0.3) is 0 Å². The van der Waals surface area contributed by atoms with Crippen LogP contribution < -0.4 is 15.4 Å². The first-order valence-corrected chi connectivity index (χ1v) is 6.62. The number of anilines is 2. The van der Waals surface area contributed by atoms with Crippen LogP contribution in [0, 0.1) is 0 Å². The molecule has 0 spiro atoms. The van der Waals surface area contributed by atoms with E-state index in [1.54, 1.807) is 0 Å². The van der Waals surface area contributed by atoms with Gasteiger partial charge in [-0.1, -0.05) is 29.8 Å². The van der Waals surface area contributed by atoms with Crippen LogP contribution in [0.3, 0.4) is 0 Å². The molecule has 0 amide bonds. The fourth-order valence-corrected chi connectivity index (χ4v) is 1.78. The summed E-state index contributed by atoms with van der Waals surface area (Å²) in [6.07, 6.45) is 0. The van der Waals surface area contributed by atoms with Crippen LogP contribution in [-0.2, 0) is 6.54 Å². The first-order valence-electron chi connectivity index (χ1n) is 6.24. The molecule has 0 fully saturated rings.